The number of carbonyl (C=O) groups is 1. The second-order valence-electron chi connectivity index (χ2n) is 4.42. The summed E-state index contributed by atoms with van der Waals surface area (Å²) in [6.07, 6.45) is 0. The average Bonchev–Trinajstić information content (AvgIpc) is 2.48. The number of hydrogen-bond donors (Lipinski definition) is 1. The lowest BCUT2D eigenvalue weighted by Gasteiger charge is -2.09. The molecule has 0 bridgehead atoms. The molecule has 1 amide bonds. The molecule has 0 aliphatic rings. The number of carbonyl (C=O) groups excluding carboxylic acids is 1. The highest BCUT2D eigenvalue weighted by Crippen LogP contribution is 2.43. The Morgan fingerprint density at radius 1 is 1.00 bits per heavy atom. The summed E-state index contributed by atoms with van der Waals surface area (Å²) >= 11 is 0. The minimum atomic E-state index is -0.929. The molecule has 2 rings (SSSR count). The van der Waals surface area contributed by atoms with Gasteiger partial charge in [-0.2, -0.15) is 0 Å². The summed E-state index contributed by atoms with van der Waals surface area (Å²) in [5.41, 5.74) is -1.93. The van der Waals surface area contributed by atoms with Gasteiger partial charge in [0.25, 0.3) is 0 Å². The Morgan fingerprint density at radius 2 is 1.61 bits per heavy atom. The fraction of sp³-hybridized carbons (Fsp3) is 0.0714. The van der Waals surface area contributed by atoms with Crippen molar-refractivity contribution in [3.63, 3.8) is 0 Å². The van der Waals surface area contributed by atoms with E-state index in [2.05, 4.69) is 5.32 Å². The fourth-order valence-corrected chi connectivity index (χ4v) is 1.91. The third-order valence-corrected chi connectivity index (χ3v) is 2.76. The van der Waals surface area contributed by atoms with Crippen LogP contribution in [0.1, 0.15) is 6.92 Å². The summed E-state index contributed by atoms with van der Waals surface area (Å²) in [5, 5.41) is 24.7. The predicted octanol–water partition coefficient (Wildman–Crippen LogP) is 3.25. The Bertz CT molecular complexity index is 776. The highest BCUT2D eigenvalue weighted by Gasteiger charge is 2.34. The van der Waals surface area contributed by atoms with Gasteiger partial charge in [-0.25, -0.2) is 0 Å². The summed E-state index contributed by atoms with van der Waals surface area (Å²) in [5.74, 6) is -0.585. The summed E-state index contributed by atoms with van der Waals surface area (Å²) in [6, 6.07) is 10.5. The molecule has 0 aliphatic heterocycles. The first kappa shape index (κ1) is 15.9. The molecular weight excluding hydrogens is 306 g/mol. The minimum absolute atomic E-state index is 0.269. The van der Waals surface area contributed by atoms with E-state index in [9.17, 15) is 25.0 Å². The first-order valence-corrected chi connectivity index (χ1v) is 6.36. The molecule has 0 fully saturated rings. The van der Waals surface area contributed by atoms with Crippen molar-refractivity contribution < 1.29 is 19.4 Å². The predicted molar refractivity (Wildman–Crippen MR) is 80.6 cm³/mol. The van der Waals surface area contributed by atoms with Gasteiger partial charge in [0.15, 0.2) is 0 Å². The SMILES string of the molecule is CC(=O)Nc1ccc(Oc2ccccc2)c([N+](=O)[O-])c1[N+](=O)[O-]. The highest BCUT2D eigenvalue weighted by molar-refractivity contribution is 5.93. The molecule has 9 nitrogen and oxygen atoms in total. The molecule has 1 N–H and O–H groups in total. The Labute approximate surface area is 129 Å². The van der Waals surface area contributed by atoms with E-state index in [1.54, 1.807) is 30.3 Å². The molecule has 0 saturated heterocycles. The van der Waals surface area contributed by atoms with Crippen molar-refractivity contribution in [1.29, 1.82) is 0 Å². The minimum Gasteiger partial charge on any atom is -0.450 e. The number of rotatable bonds is 5. The standard InChI is InChI=1S/C14H11N3O6/c1-9(18)15-11-7-8-12(23-10-5-3-2-4-6-10)14(17(21)22)13(11)16(19)20/h2-8H,1H3,(H,15,18). The fourth-order valence-electron chi connectivity index (χ4n) is 1.91. The maximum absolute atomic E-state index is 11.3. The molecule has 0 radical (unpaired) electrons. The normalized spacial score (nSPS) is 9.96. The van der Waals surface area contributed by atoms with Gasteiger partial charge in [-0.15, -0.1) is 0 Å². The number of nitro groups is 2. The summed E-state index contributed by atoms with van der Waals surface area (Å²) in [4.78, 5) is 31.8. The molecule has 0 spiro atoms. The molecule has 0 aromatic heterocycles. The molecule has 0 saturated carbocycles. The van der Waals surface area contributed by atoms with Crippen LogP contribution in [0.2, 0.25) is 0 Å². The molecule has 0 heterocycles. The quantitative estimate of drug-likeness (QED) is 0.666. The number of nitro benzene ring substituents is 2. The lowest BCUT2D eigenvalue weighted by molar-refractivity contribution is -0.422. The molecule has 9 heteroatoms. The number of nitrogens with zero attached hydrogens (tertiary/aromatic N) is 2. The Kier molecular flexibility index (Phi) is 4.50. The lowest BCUT2D eigenvalue weighted by atomic mass is 10.2. The van der Waals surface area contributed by atoms with Gasteiger partial charge < -0.3 is 10.1 Å². The van der Waals surface area contributed by atoms with Crippen LogP contribution in [0.15, 0.2) is 42.5 Å². The maximum Gasteiger partial charge on any atom is 0.390 e. The van der Waals surface area contributed by atoms with Gasteiger partial charge >= 0.3 is 11.4 Å². The van der Waals surface area contributed by atoms with Gasteiger partial charge in [-0.1, -0.05) is 18.2 Å². The van der Waals surface area contributed by atoms with Crippen LogP contribution < -0.4 is 10.1 Å². The number of amides is 1. The molecule has 2 aromatic rings. The van der Waals surface area contributed by atoms with Crippen molar-refractivity contribution in [3.8, 4) is 11.5 Å². The summed E-state index contributed by atoms with van der Waals surface area (Å²) in [7, 11) is 0. The number of nitrogens with one attached hydrogen (secondary N) is 1. The van der Waals surface area contributed by atoms with Crippen LogP contribution in [-0.2, 0) is 4.79 Å². The van der Waals surface area contributed by atoms with Gasteiger partial charge in [-0.05, 0) is 24.3 Å². The van der Waals surface area contributed by atoms with Crippen LogP contribution in [-0.4, -0.2) is 15.8 Å². The van der Waals surface area contributed by atoms with Gasteiger partial charge in [0.2, 0.25) is 11.7 Å². The monoisotopic (exact) mass is 317 g/mol. The molecule has 0 aliphatic carbocycles. The zero-order chi connectivity index (χ0) is 17.0. The third kappa shape index (κ3) is 3.59. The van der Waals surface area contributed by atoms with Crippen molar-refractivity contribution in [2.75, 3.05) is 5.32 Å². The zero-order valence-corrected chi connectivity index (χ0v) is 11.9. The van der Waals surface area contributed by atoms with E-state index in [4.69, 9.17) is 4.74 Å². The van der Waals surface area contributed by atoms with Crippen LogP contribution in [0.3, 0.4) is 0 Å². The second-order valence-corrected chi connectivity index (χ2v) is 4.42. The first-order chi connectivity index (χ1) is 10.9. The van der Waals surface area contributed by atoms with Crippen LogP contribution in [0.25, 0.3) is 0 Å². The third-order valence-electron chi connectivity index (χ3n) is 2.76. The van der Waals surface area contributed by atoms with E-state index in [1.165, 1.54) is 12.1 Å². The van der Waals surface area contributed by atoms with Crippen LogP contribution in [0, 0.1) is 20.2 Å². The van der Waals surface area contributed by atoms with E-state index >= 15 is 0 Å². The lowest BCUT2D eigenvalue weighted by Crippen LogP contribution is -2.10. The van der Waals surface area contributed by atoms with Crippen LogP contribution in [0.5, 0.6) is 11.5 Å². The van der Waals surface area contributed by atoms with E-state index in [-0.39, 0.29) is 17.2 Å². The average molecular weight is 317 g/mol. The van der Waals surface area contributed by atoms with E-state index in [0.717, 1.165) is 6.92 Å². The molecule has 118 valence electrons. The van der Waals surface area contributed by atoms with Gasteiger partial charge in [0.1, 0.15) is 11.4 Å². The van der Waals surface area contributed by atoms with E-state index < -0.39 is 27.1 Å². The molecule has 2 aromatic carbocycles. The number of hydrogen-bond acceptors (Lipinski definition) is 6. The van der Waals surface area contributed by atoms with Gasteiger partial charge in [-0.3, -0.25) is 25.0 Å². The smallest absolute Gasteiger partial charge is 0.390 e. The largest absolute Gasteiger partial charge is 0.450 e. The summed E-state index contributed by atoms with van der Waals surface area (Å²) in [6.45, 7) is 1.14. The number of benzene rings is 2. The topological polar surface area (TPSA) is 125 Å². The Balaban J connectivity index is 2.59. The number of ether oxygens (including phenoxy) is 1. The molecule has 0 unspecified atom stereocenters. The number of anilines is 1. The van der Waals surface area contributed by atoms with E-state index in [0.29, 0.717) is 0 Å². The Hall–Kier alpha value is -3.49. The van der Waals surface area contributed by atoms with Crippen molar-refractivity contribution >= 4 is 23.0 Å². The van der Waals surface area contributed by atoms with E-state index in [1.807, 2.05) is 0 Å². The molecule has 0 atom stereocenters. The molecular formula is C14H11N3O6. The van der Waals surface area contributed by atoms with Gasteiger partial charge in [0.05, 0.1) is 9.85 Å². The van der Waals surface area contributed by atoms with Gasteiger partial charge in [0, 0.05) is 6.92 Å². The van der Waals surface area contributed by atoms with Crippen LogP contribution >= 0.6 is 0 Å². The maximum atomic E-state index is 11.3. The number of para-hydroxylation sites is 1. The van der Waals surface area contributed by atoms with Crippen LogP contribution in [0.4, 0.5) is 17.1 Å². The zero-order valence-electron chi connectivity index (χ0n) is 11.9. The van der Waals surface area contributed by atoms with Crippen molar-refractivity contribution in [1.82, 2.24) is 0 Å². The summed E-state index contributed by atoms with van der Waals surface area (Å²) < 4.78 is 5.36. The Morgan fingerprint density at radius 3 is 2.13 bits per heavy atom. The van der Waals surface area contributed by atoms with Crippen molar-refractivity contribution in [3.05, 3.63) is 62.7 Å². The van der Waals surface area contributed by atoms with Crippen molar-refractivity contribution in [2.45, 2.75) is 6.92 Å². The molecule has 23 heavy (non-hydrogen) atoms. The second kappa shape index (κ2) is 6.52. The van der Waals surface area contributed by atoms with Crippen molar-refractivity contribution in [2.24, 2.45) is 0 Å². The first-order valence-electron chi connectivity index (χ1n) is 6.36. The highest BCUT2D eigenvalue weighted by atomic mass is 16.6.